The van der Waals surface area contributed by atoms with Crippen LogP contribution in [0.4, 0.5) is 10.1 Å². The largest absolute Gasteiger partial charge is 0.366 e. The third-order valence-corrected chi connectivity index (χ3v) is 6.45. The minimum atomic E-state index is -0.220. The van der Waals surface area contributed by atoms with Crippen LogP contribution in [0.1, 0.15) is 15.4 Å². The zero-order valence-corrected chi connectivity index (χ0v) is 15.9. The fraction of sp³-hybridized carbons (Fsp3) is 0.263. The highest BCUT2D eigenvalue weighted by molar-refractivity contribution is 7.21. The van der Waals surface area contributed by atoms with Gasteiger partial charge >= 0.3 is 0 Å². The van der Waals surface area contributed by atoms with Gasteiger partial charge in [0, 0.05) is 36.4 Å². The fourth-order valence-corrected chi connectivity index (χ4v) is 4.79. The van der Waals surface area contributed by atoms with Gasteiger partial charge in [0.25, 0.3) is 5.91 Å². The summed E-state index contributed by atoms with van der Waals surface area (Å²) in [6.07, 6.45) is 0. The zero-order valence-electron chi connectivity index (χ0n) is 14.3. The lowest BCUT2D eigenvalue weighted by atomic mass is 10.2. The Morgan fingerprint density at radius 2 is 1.88 bits per heavy atom. The predicted molar refractivity (Wildman–Crippen MR) is 105 cm³/mol. The summed E-state index contributed by atoms with van der Waals surface area (Å²) in [4.78, 5) is 23.4. The monoisotopic (exact) mass is 387 g/mol. The molecule has 4 nitrogen and oxygen atoms in total. The van der Waals surface area contributed by atoms with Gasteiger partial charge in [0.2, 0.25) is 0 Å². The van der Waals surface area contributed by atoms with Crippen LogP contribution in [0.15, 0.2) is 41.8 Å². The smallest absolute Gasteiger partial charge is 0.273 e. The molecular weight excluding hydrogens is 369 g/mol. The molecule has 0 radical (unpaired) electrons. The van der Waals surface area contributed by atoms with Crippen LogP contribution < -0.4 is 4.90 Å². The Hall–Kier alpha value is -2.25. The van der Waals surface area contributed by atoms with Gasteiger partial charge in [0.05, 0.1) is 10.6 Å². The molecule has 0 aliphatic carbocycles. The van der Waals surface area contributed by atoms with Crippen molar-refractivity contribution >= 4 is 34.3 Å². The van der Waals surface area contributed by atoms with Crippen molar-refractivity contribution in [1.82, 2.24) is 9.88 Å². The van der Waals surface area contributed by atoms with Gasteiger partial charge in [-0.2, -0.15) is 0 Å². The van der Waals surface area contributed by atoms with Crippen molar-refractivity contribution < 1.29 is 9.18 Å². The lowest BCUT2D eigenvalue weighted by Crippen LogP contribution is -2.49. The van der Waals surface area contributed by atoms with Gasteiger partial charge in [-0.05, 0) is 31.2 Å². The number of aromatic nitrogens is 1. The van der Waals surface area contributed by atoms with Crippen molar-refractivity contribution in [3.05, 3.63) is 58.2 Å². The maximum Gasteiger partial charge on any atom is 0.273 e. The van der Waals surface area contributed by atoms with E-state index in [1.165, 1.54) is 22.3 Å². The van der Waals surface area contributed by atoms with E-state index in [1.807, 2.05) is 22.4 Å². The number of thiazole rings is 1. The first-order valence-corrected chi connectivity index (χ1v) is 10.1. The van der Waals surface area contributed by atoms with Crippen LogP contribution in [0.3, 0.4) is 0 Å². The van der Waals surface area contributed by atoms with Crippen molar-refractivity contribution in [2.24, 2.45) is 0 Å². The topological polar surface area (TPSA) is 36.4 Å². The summed E-state index contributed by atoms with van der Waals surface area (Å²) in [6, 6.07) is 10.9. The molecule has 0 atom stereocenters. The molecule has 26 heavy (non-hydrogen) atoms. The summed E-state index contributed by atoms with van der Waals surface area (Å²) < 4.78 is 13.9. The first kappa shape index (κ1) is 17.2. The normalized spacial score (nSPS) is 14.7. The van der Waals surface area contributed by atoms with Crippen LogP contribution in [-0.2, 0) is 0 Å². The Morgan fingerprint density at radius 3 is 2.58 bits per heavy atom. The van der Waals surface area contributed by atoms with Crippen LogP contribution in [0, 0.1) is 12.7 Å². The Labute approximate surface area is 159 Å². The Kier molecular flexibility index (Phi) is 4.74. The minimum absolute atomic E-state index is 0.0473. The molecule has 7 heteroatoms. The number of carbonyl (C=O) groups excluding carboxylic acids is 1. The Balaban J connectivity index is 1.42. The summed E-state index contributed by atoms with van der Waals surface area (Å²) in [5.74, 6) is -0.267. The standard InChI is InChI=1S/C19H18FN3OS2/c1-13-6-7-17(26-13)18-21-15(12-25-18)19(24)23-10-8-22(9-11-23)16-5-3-2-4-14(16)20/h2-7,12H,8-11H2,1H3. The predicted octanol–water partition coefficient (Wildman–Crippen LogP) is 4.28. The van der Waals surface area contributed by atoms with E-state index < -0.39 is 0 Å². The second-order valence-corrected chi connectivity index (χ2v) is 8.32. The molecule has 1 aliphatic rings. The molecule has 0 spiro atoms. The highest BCUT2D eigenvalue weighted by atomic mass is 32.1. The number of nitrogens with zero attached hydrogens (tertiary/aromatic N) is 3. The summed E-state index contributed by atoms with van der Waals surface area (Å²) >= 11 is 3.18. The summed E-state index contributed by atoms with van der Waals surface area (Å²) in [6.45, 7) is 4.43. The van der Waals surface area contributed by atoms with Crippen LogP contribution in [0.25, 0.3) is 9.88 Å². The van der Waals surface area contributed by atoms with E-state index in [9.17, 15) is 9.18 Å². The highest BCUT2D eigenvalue weighted by Gasteiger charge is 2.25. The number of benzene rings is 1. The highest BCUT2D eigenvalue weighted by Crippen LogP contribution is 2.30. The average molecular weight is 388 g/mol. The van der Waals surface area contributed by atoms with E-state index in [1.54, 1.807) is 28.4 Å². The zero-order chi connectivity index (χ0) is 18.1. The molecule has 1 amide bonds. The van der Waals surface area contributed by atoms with Crippen LogP contribution in [0.2, 0.25) is 0 Å². The van der Waals surface area contributed by atoms with E-state index >= 15 is 0 Å². The molecular formula is C19H18FN3OS2. The van der Waals surface area contributed by atoms with Crippen LogP contribution >= 0.6 is 22.7 Å². The quantitative estimate of drug-likeness (QED) is 0.673. The Bertz CT molecular complexity index is 928. The number of hydrogen-bond acceptors (Lipinski definition) is 5. The number of hydrogen-bond donors (Lipinski definition) is 0. The molecule has 1 aromatic carbocycles. The van der Waals surface area contributed by atoms with Crippen molar-refractivity contribution in [2.75, 3.05) is 31.1 Å². The second-order valence-electron chi connectivity index (χ2n) is 6.18. The molecule has 2 aromatic heterocycles. The van der Waals surface area contributed by atoms with Gasteiger partial charge < -0.3 is 9.80 Å². The number of piperazine rings is 1. The minimum Gasteiger partial charge on any atom is -0.366 e. The van der Waals surface area contributed by atoms with Gasteiger partial charge in [-0.25, -0.2) is 9.37 Å². The first-order chi connectivity index (χ1) is 12.6. The van der Waals surface area contributed by atoms with E-state index in [4.69, 9.17) is 0 Å². The van der Waals surface area contributed by atoms with Crippen LogP contribution in [0.5, 0.6) is 0 Å². The molecule has 0 N–H and O–H groups in total. The van der Waals surface area contributed by atoms with E-state index in [-0.39, 0.29) is 11.7 Å². The van der Waals surface area contributed by atoms with Crippen molar-refractivity contribution in [3.8, 4) is 9.88 Å². The molecule has 3 aromatic rings. The van der Waals surface area contributed by atoms with Gasteiger partial charge in [0.15, 0.2) is 0 Å². The van der Waals surface area contributed by atoms with Gasteiger partial charge in [-0.15, -0.1) is 22.7 Å². The number of carbonyl (C=O) groups is 1. The van der Waals surface area contributed by atoms with Crippen molar-refractivity contribution in [1.29, 1.82) is 0 Å². The maximum atomic E-state index is 13.9. The van der Waals surface area contributed by atoms with Gasteiger partial charge in [-0.1, -0.05) is 12.1 Å². The summed E-state index contributed by atoms with van der Waals surface area (Å²) in [7, 11) is 0. The first-order valence-electron chi connectivity index (χ1n) is 8.43. The number of anilines is 1. The van der Waals surface area contributed by atoms with Gasteiger partial charge in [0.1, 0.15) is 16.5 Å². The number of halogens is 1. The van der Waals surface area contributed by atoms with E-state index in [2.05, 4.69) is 18.0 Å². The molecule has 0 bridgehead atoms. The number of amides is 1. The molecule has 1 aliphatic heterocycles. The molecule has 0 saturated carbocycles. The second kappa shape index (κ2) is 7.17. The van der Waals surface area contributed by atoms with Gasteiger partial charge in [-0.3, -0.25) is 4.79 Å². The number of aryl methyl sites for hydroxylation is 1. The number of rotatable bonds is 3. The van der Waals surface area contributed by atoms with E-state index in [0.29, 0.717) is 37.6 Å². The average Bonchev–Trinajstić information content (AvgIpc) is 3.31. The third kappa shape index (κ3) is 3.37. The van der Waals surface area contributed by atoms with Crippen LogP contribution in [-0.4, -0.2) is 42.0 Å². The van der Waals surface area contributed by atoms with Crippen molar-refractivity contribution in [2.45, 2.75) is 6.92 Å². The molecule has 3 heterocycles. The Morgan fingerprint density at radius 1 is 1.12 bits per heavy atom. The van der Waals surface area contributed by atoms with Crippen molar-refractivity contribution in [3.63, 3.8) is 0 Å². The maximum absolute atomic E-state index is 13.9. The SMILES string of the molecule is Cc1ccc(-c2nc(C(=O)N3CCN(c4ccccc4F)CC3)cs2)s1. The summed E-state index contributed by atoms with van der Waals surface area (Å²) in [5, 5.41) is 2.71. The lowest BCUT2D eigenvalue weighted by molar-refractivity contribution is 0.0741. The fourth-order valence-electron chi connectivity index (χ4n) is 3.06. The molecule has 4 rings (SSSR count). The third-order valence-electron chi connectivity index (χ3n) is 4.43. The molecule has 1 fully saturated rings. The number of thiophene rings is 1. The van der Waals surface area contributed by atoms with E-state index in [0.717, 1.165) is 9.88 Å². The molecule has 0 unspecified atom stereocenters. The summed E-state index contributed by atoms with van der Waals surface area (Å²) in [5.41, 5.74) is 1.10. The molecule has 134 valence electrons. The number of para-hydroxylation sites is 1. The molecule has 1 saturated heterocycles. The lowest BCUT2D eigenvalue weighted by Gasteiger charge is -2.35.